The molecule has 0 saturated heterocycles. The number of nitrogens with one attached hydrogen (secondary N) is 1. The van der Waals surface area contributed by atoms with Gasteiger partial charge in [0.1, 0.15) is 5.75 Å². The topological polar surface area (TPSA) is 50.7 Å². The summed E-state index contributed by atoms with van der Waals surface area (Å²) in [6.45, 7) is 1.78. The zero-order chi connectivity index (χ0) is 17.5. The monoisotopic (exact) mass is 350 g/mol. The number of carbonyl (C=O) groups is 1. The van der Waals surface area contributed by atoms with Gasteiger partial charge in [0.05, 0.1) is 5.71 Å². The Kier molecular flexibility index (Phi) is 5.59. The summed E-state index contributed by atoms with van der Waals surface area (Å²) in [4.78, 5) is 12.9. The molecule has 1 heterocycles. The molecular weight excluding hydrogens is 332 g/mol. The minimum atomic E-state index is -0.289. The zero-order valence-electron chi connectivity index (χ0n) is 13.8. The van der Waals surface area contributed by atoms with Crippen molar-refractivity contribution in [3.63, 3.8) is 0 Å². The third kappa shape index (κ3) is 4.78. The number of hydrazone groups is 1. The first-order chi connectivity index (χ1) is 12.2. The number of ether oxygens (including phenoxy) is 1. The Morgan fingerprint density at radius 2 is 1.72 bits per heavy atom. The average Bonchev–Trinajstić information content (AvgIpc) is 3.20. The van der Waals surface area contributed by atoms with E-state index >= 15 is 0 Å². The molecule has 1 N–H and O–H groups in total. The molecule has 3 rings (SSSR count). The van der Waals surface area contributed by atoms with Gasteiger partial charge in [-0.15, -0.1) is 11.3 Å². The smallest absolute Gasteiger partial charge is 0.277 e. The van der Waals surface area contributed by atoms with Crippen molar-refractivity contribution in [1.82, 2.24) is 5.43 Å². The quantitative estimate of drug-likeness (QED) is 0.531. The number of amides is 1. The van der Waals surface area contributed by atoms with Crippen molar-refractivity contribution in [2.45, 2.75) is 6.92 Å². The van der Waals surface area contributed by atoms with Crippen LogP contribution in [0.4, 0.5) is 0 Å². The van der Waals surface area contributed by atoms with Crippen LogP contribution in [0, 0.1) is 0 Å². The van der Waals surface area contributed by atoms with Crippen LogP contribution in [0.25, 0.3) is 11.1 Å². The number of hydrogen-bond donors (Lipinski definition) is 1. The van der Waals surface area contributed by atoms with Gasteiger partial charge < -0.3 is 4.74 Å². The fourth-order valence-corrected chi connectivity index (χ4v) is 2.92. The first kappa shape index (κ1) is 16.9. The van der Waals surface area contributed by atoms with E-state index in [0.717, 1.165) is 21.7 Å². The summed E-state index contributed by atoms with van der Waals surface area (Å²) >= 11 is 1.58. The van der Waals surface area contributed by atoms with E-state index in [9.17, 15) is 4.79 Å². The van der Waals surface area contributed by atoms with Gasteiger partial charge in [-0.25, -0.2) is 5.43 Å². The molecule has 1 amide bonds. The fraction of sp³-hybridized carbons (Fsp3) is 0.100. The second kappa shape index (κ2) is 8.26. The van der Waals surface area contributed by atoms with E-state index in [2.05, 4.69) is 22.7 Å². The minimum Gasteiger partial charge on any atom is -0.484 e. The molecule has 2 aromatic carbocycles. The molecule has 0 saturated carbocycles. The molecule has 25 heavy (non-hydrogen) atoms. The highest BCUT2D eigenvalue weighted by Gasteiger charge is 2.04. The Balaban J connectivity index is 1.51. The van der Waals surface area contributed by atoms with Crippen LogP contribution in [-0.2, 0) is 4.79 Å². The number of carbonyl (C=O) groups excluding carboxylic acids is 1. The molecule has 0 atom stereocenters. The van der Waals surface area contributed by atoms with Gasteiger partial charge in [0.2, 0.25) is 0 Å². The molecule has 0 spiro atoms. The lowest BCUT2D eigenvalue weighted by molar-refractivity contribution is -0.123. The van der Waals surface area contributed by atoms with Gasteiger partial charge in [0.25, 0.3) is 5.91 Å². The normalized spacial score (nSPS) is 11.2. The summed E-state index contributed by atoms with van der Waals surface area (Å²) in [5, 5.41) is 6.05. The van der Waals surface area contributed by atoms with Gasteiger partial charge in [-0.3, -0.25) is 4.79 Å². The molecule has 0 aliphatic rings. The van der Waals surface area contributed by atoms with Crippen LogP contribution >= 0.6 is 11.3 Å². The second-order valence-electron chi connectivity index (χ2n) is 5.39. The number of rotatable bonds is 6. The molecule has 0 fully saturated rings. The molecule has 0 aliphatic carbocycles. The lowest BCUT2D eigenvalue weighted by Crippen LogP contribution is -2.25. The van der Waals surface area contributed by atoms with E-state index in [-0.39, 0.29) is 12.5 Å². The van der Waals surface area contributed by atoms with E-state index in [1.807, 2.05) is 66.9 Å². The summed E-state index contributed by atoms with van der Waals surface area (Å²) in [6, 6.07) is 21.7. The van der Waals surface area contributed by atoms with Crippen molar-refractivity contribution in [3.8, 4) is 16.9 Å². The van der Waals surface area contributed by atoms with Crippen LogP contribution in [0.5, 0.6) is 5.75 Å². The van der Waals surface area contributed by atoms with Gasteiger partial charge in [0.15, 0.2) is 6.61 Å². The van der Waals surface area contributed by atoms with E-state index in [1.165, 1.54) is 0 Å². The SMILES string of the molecule is CC(=NNC(=O)COc1ccc(-c2ccccc2)cc1)c1cccs1. The van der Waals surface area contributed by atoms with Gasteiger partial charge in [-0.05, 0) is 41.6 Å². The molecule has 3 aromatic rings. The van der Waals surface area contributed by atoms with Crippen molar-refractivity contribution >= 4 is 23.0 Å². The number of thiophene rings is 1. The molecule has 0 aliphatic heterocycles. The molecule has 126 valence electrons. The lowest BCUT2D eigenvalue weighted by atomic mass is 10.1. The van der Waals surface area contributed by atoms with Gasteiger partial charge >= 0.3 is 0 Å². The highest BCUT2D eigenvalue weighted by molar-refractivity contribution is 7.12. The highest BCUT2D eigenvalue weighted by atomic mass is 32.1. The fourth-order valence-electron chi connectivity index (χ4n) is 2.24. The van der Waals surface area contributed by atoms with Crippen molar-refractivity contribution in [3.05, 3.63) is 77.0 Å². The van der Waals surface area contributed by atoms with Crippen molar-refractivity contribution in [1.29, 1.82) is 0 Å². The molecule has 4 nitrogen and oxygen atoms in total. The maximum atomic E-state index is 11.8. The van der Waals surface area contributed by atoms with E-state index in [1.54, 1.807) is 11.3 Å². The molecule has 0 bridgehead atoms. The van der Waals surface area contributed by atoms with Gasteiger partial charge in [-0.1, -0.05) is 48.5 Å². The van der Waals surface area contributed by atoms with Crippen LogP contribution in [0.15, 0.2) is 77.2 Å². The number of nitrogens with zero attached hydrogens (tertiary/aromatic N) is 1. The average molecular weight is 350 g/mol. The van der Waals surface area contributed by atoms with E-state index < -0.39 is 0 Å². The third-order valence-electron chi connectivity index (χ3n) is 3.56. The van der Waals surface area contributed by atoms with Crippen molar-refractivity contribution in [2.24, 2.45) is 5.10 Å². The molecular formula is C20H18N2O2S. The maximum absolute atomic E-state index is 11.8. The Hall–Kier alpha value is -2.92. The van der Waals surface area contributed by atoms with Crippen LogP contribution in [-0.4, -0.2) is 18.2 Å². The Morgan fingerprint density at radius 3 is 2.40 bits per heavy atom. The summed E-state index contributed by atoms with van der Waals surface area (Å²) in [7, 11) is 0. The highest BCUT2D eigenvalue weighted by Crippen LogP contribution is 2.21. The Bertz CT molecular complexity index is 841. The standard InChI is InChI=1S/C20H18N2O2S/c1-15(19-8-5-13-25-19)21-22-20(23)14-24-18-11-9-17(10-12-18)16-6-3-2-4-7-16/h2-13H,14H2,1H3,(H,22,23). The zero-order valence-corrected chi connectivity index (χ0v) is 14.6. The first-order valence-electron chi connectivity index (χ1n) is 7.87. The second-order valence-corrected chi connectivity index (χ2v) is 6.34. The Labute approximate surface area is 150 Å². The van der Waals surface area contributed by atoms with Crippen LogP contribution < -0.4 is 10.2 Å². The summed E-state index contributed by atoms with van der Waals surface area (Å²) in [5.41, 5.74) is 5.53. The predicted molar refractivity (Wildman–Crippen MR) is 102 cm³/mol. The number of hydrogen-bond acceptors (Lipinski definition) is 4. The number of benzene rings is 2. The van der Waals surface area contributed by atoms with Gasteiger partial charge in [-0.2, -0.15) is 5.10 Å². The molecule has 5 heteroatoms. The summed E-state index contributed by atoms with van der Waals surface area (Å²) in [6.07, 6.45) is 0. The van der Waals surface area contributed by atoms with Crippen LogP contribution in [0.1, 0.15) is 11.8 Å². The van der Waals surface area contributed by atoms with Crippen LogP contribution in [0.2, 0.25) is 0 Å². The molecule has 0 radical (unpaired) electrons. The van der Waals surface area contributed by atoms with Gasteiger partial charge in [0, 0.05) is 4.88 Å². The largest absolute Gasteiger partial charge is 0.484 e. The van der Waals surface area contributed by atoms with Crippen molar-refractivity contribution in [2.75, 3.05) is 6.61 Å². The minimum absolute atomic E-state index is 0.0775. The van der Waals surface area contributed by atoms with Crippen LogP contribution in [0.3, 0.4) is 0 Å². The van der Waals surface area contributed by atoms with E-state index in [0.29, 0.717) is 5.75 Å². The third-order valence-corrected chi connectivity index (χ3v) is 4.54. The Morgan fingerprint density at radius 1 is 1.00 bits per heavy atom. The van der Waals surface area contributed by atoms with Crippen molar-refractivity contribution < 1.29 is 9.53 Å². The molecule has 0 unspecified atom stereocenters. The lowest BCUT2D eigenvalue weighted by Gasteiger charge is -2.07. The van der Waals surface area contributed by atoms with E-state index in [4.69, 9.17) is 4.74 Å². The summed E-state index contributed by atoms with van der Waals surface area (Å²) in [5.74, 6) is 0.358. The summed E-state index contributed by atoms with van der Waals surface area (Å²) < 4.78 is 5.50. The predicted octanol–water partition coefficient (Wildman–Crippen LogP) is 4.33. The molecule has 1 aromatic heterocycles. The first-order valence-corrected chi connectivity index (χ1v) is 8.75. The maximum Gasteiger partial charge on any atom is 0.277 e.